The Labute approximate surface area is 87.9 Å². The summed E-state index contributed by atoms with van der Waals surface area (Å²) in [7, 11) is -0.692. The largest absolute Gasteiger partial charge is 0.394 e. The maximum atomic E-state index is 11.7. The van der Waals surface area contributed by atoms with Crippen LogP contribution in [0.25, 0.3) is 0 Å². The van der Waals surface area contributed by atoms with Crippen LogP contribution in [0.15, 0.2) is 0 Å². The fraction of sp³-hybridized carbons (Fsp3) is 1.00. The van der Waals surface area contributed by atoms with Gasteiger partial charge in [-0.15, -0.1) is 0 Å². The Bertz CT molecular complexity index is 246. The third-order valence-electron chi connectivity index (χ3n) is 3.72. The Morgan fingerprint density at radius 1 is 1.64 bits per heavy atom. The number of hydrogen-bond donors (Lipinski definition) is 1. The Balaban J connectivity index is 2.08. The van der Waals surface area contributed by atoms with Gasteiger partial charge in [0, 0.05) is 33.9 Å². The predicted molar refractivity (Wildman–Crippen MR) is 57.7 cm³/mol. The molecule has 2 aliphatic heterocycles. The highest BCUT2D eigenvalue weighted by atomic mass is 32.2. The van der Waals surface area contributed by atoms with Gasteiger partial charge >= 0.3 is 0 Å². The summed E-state index contributed by atoms with van der Waals surface area (Å²) in [6.07, 6.45) is 3.21. The minimum Gasteiger partial charge on any atom is -0.394 e. The second-order valence-corrected chi connectivity index (χ2v) is 6.43. The van der Waals surface area contributed by atoms with E-state index >= 15 is 0 Å². The Kier molecular flexibility index (Phi) is 2.96. The molecule has 0 amide bonds. The molecule has 14 heavy (non-hydrogen) atoms. The molecule has 2 aliphatic rings. The van der Waals surface area contributed by atoms with Crippen molar-refractivity contribution in [1.29, 1.82) is 0 Å². The van der Waals surface area contributed by atoms with E-state index in [0.29, 0.717) is 5.25 Å². The summed E-state index contributed by atoms with van der Waals surface area (Å²) in [5.41, 5.74) is -0.00447. The zero-order valence-electron chi connectivity index (χ0n) is 8.74. The van der Waals surface area contributed by atoms with Gasteiger partial charge in [-0.2, -0.15) is 0 Å². The fourth-order valence-electron chi connectivity index (χ4n) is 2.90. The maximum Gasteiger partial charge on any atom is 0.0615 e. The molecule has 2 rings (SSSR count). The minimum atomic E-state index is -0.692. The van der Waals surface area contributed by atoms with Gasteiger partial charge in [0.1, 0.15) is 0 Å². The number of nitrogens with zero attached hydrogens (tertiary/aromatic N) is 1. The highest BCUT2D eigenvalue weighted by Crippen LogP contribution is 2.39. The van der Waals surface area contributed by atoms with Crippen LogP contribution in [0.5, 0.6) is 0 Å². The third-order valence-corrected chi connectivity index (χ3v) is 5.35. The predicted octanol–water partition coefficient (Wildman–Crippen LogP) is 0.354. The smallest absolute Gasteiger partial charge is 0.0615 e. The van der Waals surface area contributed by atoms with E-state index in [0.717, 1.165) is 31.7 Å². The molecule has 0 aromatic heterocycles. The van der Waals surface area contributed by atoms with Crippen LogP contribution < -0.4 is 0 Å². The molecule has 82 valence electrons. The van der Waals surface area contributed by atoms with Crippen molar-refractivity contribution >= 4 is 10.8 Å². The first-order chi connectivity index (χ1) is 6.72. The third kappa shape index (κ3) is 1.53. The second kappa shape index (κ2) is 3.91. The Morgan fingerprint density at radius 2 is 2.43 bits per heavy atom. The monoisotopic (exact) mass is 217 g/mol. The van der Waals surface area contributed by atoms with Crippen molar-refractivity contribution in [1.82, 2.24) is 4.90 Å². The number of aliphatic hydroxyl groups excluding tert-OH is 1. The van der Waals surface area contributed by atoms with E-state index in [9.17, 15) is 9.32 Å². The SMILES string of the molecule is CC[S@@](=O)C1CN2CCC[C@@]2(CO)C1. The molecule has 0 aromatic carbocycles. The van der Waals surface area contributed by atoms with E-state index in [2.05, 4.69) is 4.90 Å². The van der Waals surface area contributed by atoms with Gasteiger partial charge < -0.3 is 5.11 Å². The summed E-state index contributed by atoms with van der Waals surface area (Å²) < 4.78 is 11.7. The lowest BCUT2D eigenvalue weighted by molar-refractivity contribution is 0.0999. The van der Waals surface area contributed by atoms with Crippen LogP contribution in [-0.2, 0) is 10.8 Å². The van der Waals surface area contributed by atoms with Crippen LogP contribution in [0.2, 0.25) is 0 Å². The standard InChI is InChI=1S/C10H19NO2S/c1-2-14(13)9-6-10(8-12)4-3-5-11(10)7-9/h9,12H,2-8H2,1H3/t9?,10-,14+/m0/s1. The van der Waals surface area contributed by atoms with Crippen LogP contribution in [0.3, 0.4) is 0 Å². The van der Waals surface area contributed by atoms with E-state index in [1.165, 1.54) is 6.42 Å². The molecule has 1 unspecified atom stereocenters. The molecule has 0 bridgehead atoms. The van der Waals surface area contributed by atoms with Crippen molar-refractivity contribution in [3.8, 4) is 0 Å². The molecule has 0 aliphatic carbocycles. The molecule has 2 heterocycles. The summed E-state index contributed by atoms with van der Waals surface area (Å²) in [5.74, 6) is 0.750. The fourth-order valence-corrected chi connectivity index (χ4v) is 4.21. The first-order valence-electron chi connectivity index (χ1n) is 5.45. The second-order valence-electron chi connectivity index (χ2n) is 4.43. The molecule has 4 heteroatoms. The average Bonchev–Trinajstić information content (AvgIpc) is 2.72. The summed E-state index contributed by atoms with van der Waals surface area (Å²) in [5, 5.41) is 9.76. The molecule has 1 N–H and O–H groups in total. The van der Waals surface area contributed by atoms with E-state index in [-0.39, 0.29) is 12.1 Å². The van der Waals surface area contributed by atoms with Crippen LogP contribution in [0.4, 0.5) is 0 Å². The van der Waals surface area contributed by atoms with E-state index in [4.69, 9.17) is 0 Å². The number of aliphatic hydroxyl groups is 1. The summed E-state index contributed by atoms with van der Waals surface area (Å²) in [4.78, 5) is 2.35. The van der Waals surface area contributed by atoms with Crippen molar-refractivity contribution < 1.29 is 9.32 Å². The van der Waals surface area contributed by atoms with Crippen molar-refractivity contribution in [2.24, 2.45) is 0 Å². The molecule has 3 nitrogen and oxygen atoms in total. The highest BCUT2D eigenvalue weighted by molar-refractivity contribution is 7.85. The zero-order chi connectivity index (χ0) is 10.2. The van der Waals surface area contributed by atoms with Gasteiger partial charge in [0.05, 0.1) is 6.61 Å². The first kappa shape index (κ1) is 10.6. The molecule has 2 fully saturated rings. The molecular weight excluding hydrogens is 198 g/mol. The minimum absolute atomic E-state index is 0.00447. The molecule has 0 spiro atoms. The molecule has 2 saturated heterocycles. The molecule has 0 aromatic rings. The first-order valence-corrected chi connectivity index (χ1v) is 6.83. The average molecular weight is 217 g/mol. The van der Waals surface area contributed by atoms with Gasteiger partial charge in [0.15, 0.2) is 0 Å². The Hall–Kier alpha value is 0.0700. The van der Waals surface area contributed by atoms with Crippen LogP contribution in [-0.4, -0.2) is 50.5 Å². The highest BCUT2D eigenvalue weighted by Gasteiger charge is 2.49. The van der Waals surface area contributed by atoms with Gasteiger partial charge in [-0.3, -0.25) is 9.11 Å². The summed E-state index contributed by atoms with van der Waals surface area (Å²) in [6, 6.07) is 0. The van der Waals surface area contributed by atoms with Crippen molar-refractivity contribution in [3.05, 3.63) is 0 Å². The molecule has 0 radical (unpaired) electrons. The zero-order valence-corrected chi connectivity index (χ0v) is 9.55. The van der Waals surface area contributed by atoms with Gasteiger partial charge in [-0.25, -0.2) is 0 Å². The van der Waals surface area contributed by atoms with Crippen LogP contribution >= 0.6 is 0 Å². The van der Waals surface area contributed by atoms with E-state index in [1.807, 2.05) is 6.92 Å². The van der Waals surface area contributed by atoms with Gasteiger partial charge in [0.25, 0.3) is 0 Å². The molecule has 3 atom stereocenters. The molecular formula is C10H19NO2S. The Morgan fingerprint density at radius 3 is 3.00 bits per heavy atom. The number of rotatable bonds is 3. The summed E-state index contributed by atoms with van der Waals surface area (Å²) >= 11 is 0. The van der Waals surface area contributed by atoms with E-state index in [1.54, 1.807) is 0 Å². The van der Waals surface area contributed by atoms with Crippen LogP contribution in [0, 0.1) is 0 Å². The summed E-state index contributed by atoms with van der Waals surface area (Å²) in [6.45, 7) is 4.23. The van der Waals surface area contributed by atoms with Crippen molar-refractivity contribution in [3.63, 3.8) is 0 Å². The van der Waals surface area contributed by atoms with E-state index < -0.39 is 10.8 Å². The number of hydrogen-bond acceptors (Lipinski definition) is 3. The van der Waals surface area contributed by atoms with Crippen molar-refractivity contribution in [2.75, 3.05) is 25.4 Å². The normalized spacial score (nSPS) is 40.0. The maximum absolute atomic E-state index is 11.7. The lowest BCUT2D eigenvalue weighted by Gasteiger charge is -2.29. The van der Waals surface area contributed by atoms with Gasteiger partial charge in [-0.1, -0.05) is 6.92 Å². The van der Waals surface area contributed by atoms with Gasteiger partial charge in [-0.05, 0) is 25.8 Å². The van der Waals surface area contributed by atoms with Crippen molar-refractivity contribution in [2.45, 2.75) is 37.0 Å². The van der Waals surface area contributed by atoms with Gasteiger partial charge in [0.2, 0.25) is 0 Å². The van der Waals surface area contributed by atoms with Crippen LogP contribution in [0.1, 0.15) is 26.2 Å². The molecule has 0 saturated carbocycles. The lowest BCUT2D eigenvalue weighted by atomic mass is 9.95. The quantitative estimate of drug-likeness (QED) is 0.742. The lowest BCUT2D eigenvalue weighted by Crippen LogP contribution is -2.41. The number of fused-ring (bicyclic) bond motifs is 1. The topological polar surface area (TPSA) is 40.5 Å².